The van der Waals surface area contributed by atoms with E-state index in [1.165, 1.54) is 17.0 Å². The lowest BCUT2D eigenvalue weighted by atomic mass is 10.1. The first-order valence-electron chi connectivity index (χ1n) is 8.06. The van der Waals surface area contributed by atoms with Crippen molar-refractivity contribution in [2.75, 3.05) is 18.4 Å². The molecule has 10 heteroatoms. The first-order valence-corrected chi connectivity index (χ1v) is 8.43. The Kier molecular flexibility index (Phi) is 5.05. The van der Waals surface area contributed by atoms with E-state index in [2.05, 4.69) is 10.4 Å². The molecule has 3 rings (SSSR count). The maximum Gasteiger partial charge on any atom is 0.417 e. The van der Waals surface area contributed by atoms with Crippen LogP contribution in [-0.2, 0) is 13.2 Å². The monoisotopic (exact) mass is 399 g/mol. The van der Waals surface area contributed by atoms with Crippen LogP contribution in [0, 0.1) is 0 Å². The van der Waals surface area contributed by atoms with Crippen LogP contribution in [0.25, 0.3) is 0 Å². The summed E-state index contributed by atoms with van der Waals surface area (Å²) in [5, 5.41) is 6.61. The highest BCUT2D eigenvalue weighted by Gasteiger charge is 2.35. The number of nitrogens with one attached hydrogen (secondary N) is 1. The van der Waals surface area contributed by atoms with E-state index < -0.39 is 22.7 Å². The molecule has 0 aliphatic carbocycles. The SMILES string of the molecule is Cn1nccc1NC1=C(N)CN(C(=O)c2cccc(C(F)(F)F)c2Cl)CC1. The van der Waals surface area contributed by atoms with Gasteiger partial charge < -0.3 is 16.0 Å². The molecule has 2 aromatic rings. The predicted molar refractivity (Wildman–Crippen MR) is 95.0 cm³/mol. The normalized spacial score (nSPS) is 15.2. The van der Waals surface area contributed by atoms with Crippen LogP contribution in [0.1, 0.15) is 22.3 Å². The Hall–Kier alpha value is -2.68. The van der Waals surface area contributed by atoms with E-state index in [0.717, 1.165) is 17.6 Å². The lowest BCUT2D eigenvalue weighted by Crippen LogP contribution is -2.40. The molecule has 0 spiro atoms. The smallest absolute Gasteiger partial charge is 0.399 e. The van der Waals surface area contributed by atoms with Crippen molar-refractivity contribution in [3.63, 3.8) is 0 Å². The molecule has 0 atom stereocenters. The molecule has 2 heterocycles. The number of aryl methyl sites for hydroxylation is 1. The molecule has 1 aromatic carbocycles. The first kappa shape index (κ1) is 19.1. The van der Waals surface area contributed by atoms with Gasteiger partial charge in [-0.05, 0) is 12.1 Å². The Morgan fingerprint density at radius 3 is 2.67 bits per heavy atom. The molecule has 6 nitrogen and oxygen atoms in total. The Morgan fingerprint density at radius 2 is 2.07 bits per heavy atom. The fourth-order valence-corrected chi connectivity index (χ4v) is 3.16. The predicted octanol–water partition coefficient (Wildman–Crippen LogP) is 3.22. The molecule has 0 bridgehead atoms. The van der Waals surface area contributed by atoms with Crippen molar-refractivity contribution in [3.8, 4) is 0 Å². The lowest BCUT2D eigenvalue weighted by Gasteiger charge is -2.30. The van der Waals surface area contributed by atoms with Crippen LogP contribution in [0.4, 0.5) is 19.0 Å². The van der Waals surface area contributed by atoms with Gasteiger partial charge in [0.1, 0.15) is 5.82 Å². The number of hydrogen-bond acceptors (Lipinski definition) is 4. The highest BCUT2D eigenvalue weighted by molar-refractivity contribution is 6.34. The molecule has 0 saturated carbocycles. The Labute approximate surface area is 158 Å². The molecule has 144 valence electrons. The van der Waals surface area contributed by atoms with Crippen LogP contribution in [0.15, 0.2) is 41.9 Å². The first-order chi connectivity index (χ1) is 12.7. The number of benzene rings is 1. The Morgan fingerprint density at radius 1 is 1.33 bits per heavy atom. The quantitative estimate of drug-likeness (QED) is 0.831. The van der Waals surface area contributed by atoms with Crippen molar-refractivity contribution in [2.24, 2.45) is 12.8 Å². The molecule has 0 saturated heterocycles. The van der Waals surface area contributed by atoms with Crippen molar-refractivity contribution in [2.45, 2.75) is 12.6 Å². The number of aromatic nitrogens is 2. The third kappa shape index (κ3) is 3.87. The second-order valence-corrected chi connectivity index (χ2v) is 6.49. The summed E-state index contributed by atoms with van der Waals surface area (Å²) < 4.78 is 40.7. The van der Waals surface area contributed by atoms with E-state index in [1.54, 1.807) is 24.0 Å². The van der Waals surface area contributed by atoms with Gasteiger partial charge in [-0.3, -0.25) is 9.48 Å². The Balaban J connectivity index is 1.79. The van der Waals surface area contributed by atoms with Gasteiger partial charge in [0.25, 0.3) is 5.91 Å². The molecule has 1 aliphatic rings. The van der Waals surface area contributed by atoms with Crippen molar-refractivity contribution in [3.05, 3.63) is 58.0 Å². The summed E-state index contributed by atoms with van der Waals surface area (Å²) in [7, 11) is 1.77. The van der Waals surface area contributed by atoms with Crippen LogP contribution in [0.5, 0.6) is 0 Å². The molecule has 0 fully saturated rings. The largest absolute Gasteiger partial charge is 0.417 e. The van der Waals surface area contributed by atoms with Crippen molar-refractivity contribution < 1.29 is 18.0 Å². The van der Waals surface area contributed by atoms with E-state index in [0.29, 0.717) is 18.7 Å². The van der Waals surface area contributed by atoms with Crippen LogP contribution in [-0.4, -0.2) is 33.7 Å². The maximum absolute atomic E-state index is 13.0. The molecule has 0 radical (unpaired) electrons. The number of rotatable bonds is 3. The van der Waals surface area contributed by atoms with Crippen LogP contribution in [0.2, 0.25) is 5.02 Å². The topological polar surface area (TPSA) is 76.2 Å². The summed E-state index contributed by atoms with van der Waals surface area (Å²) in [5.41, 5.74) is 6.02. The van der Waals surface area contributed by atoms with Gasteiger partial charge in [0.15, 0.2) is 0 Å². The van der Waals surface area contributed by atoms with Crippen LogP contribution in [0.3, 0.4) is 0 Å². The molecular weight excluding hydrogens is 383 g/mol. The highest BCUT2D eigenvalue weighted by atomic mass is 35.5. The van der Waals surface area contributed by atoms with Crippen LogP contribution < -0.4 is 11.1 Å². The van der Waals surface area contributed by atoms with Gasteiger partial charge in [-0.1, -0.05) is 17.7 Å². The number of carbonyl (C=O) groups is 1. The summed E-state index contributed by atoms with van der Waals surface area (Å²) in [4.78, 5) is 14.1. The lowest BCUT2D eigenvalue weighted by molar-refractivity contribution is -0.137. The molecule has 27 heavy (non-hydrogen) atoms. The van der Waals surface area contributed by atoms with Gasteiger partial charge in [0, 0.05) is 37.5 Å². The molecule has 3 N–H and O–H groups in total. The Bertz CT molecular complexity index is 906. The van der Waals surface area contributed by atoms with E-state index in [1.807, 2.05) is 0 Å². The average molecular weight is 400 g/mol. The van der Waals surface area contributed by atoms with Crippen molar-refractivity contribution in [1.82, 2.24) is 14.7 Å². The summed E-state index contributed by atoms with van der Waals surface area (Å²) in [5.74, 6) is 0.155. The average Bonchev–Trinajstić information content (AvgIpc) is 3.00. The van der Waals surface area contributed by atoms with Gasteiger partial charge in [-0.2, -0.15) is 18.3 Å². The van der Waals surface area contributed by atoms with Crippen molar-refractivity contribution >= 4 is 23.3 Å². The van der Waals surface area contributed by atoms with E-state index in [9.17, 15) is 18.0 Å². The molecule has 0 unspecified atom stereocenters. The third-order valence-electron chi connectivity index (χ3n) is 4.30. The zero-order chi connectivity index (χ0) is 19.8. The van der Waals surface area contributed by atoms with Crippen LogP contribution >= 0.6 is 11.6 Å². The molecule has 1 aromatic heterocycles. The number of anilines is 1. The zero-order valence-corrected chi connectivity index (χ0v) is 15.1. The van der Waals surface area contributed by atoms with E-state index in [4.69, 9.17) is 17.3 Å². The number of amides is 1. The third-order valence-corrected chi connectivity index (χ3v) is 4.71. The molecule has 1 amide bonds. The number of hydrogen-bond donors (Lipinski definition) is 2. The van der Waals surface area contributed by atoms with E-state index >= 15 is 0 Å². The number of carbonyl (C=O) groups excluding carboxylic acids is 1. The number of nitrogens with two attached hydrogens (primary N) is 1. The summed E-state index contributed by atoms with van der Waals surface area (Å²) in [6.45, 7) is 0.387. The minimum absolute atomic E-state index is 0.0889. The van der Waals surface area contributed by atoms with Gasteiger partial charge in [0.2, 0.25) is 0 Å². The van der Waals surface area contributed by atoms with E-state index in [-0.39, 0.29) is 12.1 Å². The summed E-state index contributed by atoms with van der Waals surface area (Å²) >= 11 is 5.85. The minimum atomic E-state index is -4.63. The second-order valence-electron chi connectivity index (χ2n) is 6.11. The van der Waals surface area contributed by atoms with Gasteiger partial charge in [-0.25, -0.2) is 0 Å². The second kappa shape index (κ2) is 7.15. The highest BCUT2D eigenvalue weighted by Crippen LogP contribution is 2.36. The summed E-state index contributed by atoms with van der Waals surface area (Å²) in [6.07, 6.45) is -2.57. The molecule has 1 aliphatic heterocycles. The fourth-order valence-electron chi connectivity index (χ4n) is 2.84. The van der Waals surface area contributed by atoms with Gasteiger partial charge in [-0.15, -0.1) is 0 Å². The molecular formula is C17H17ClF3N5O. The number of alkyl halides is 3. The van der Waals surface area contributed by atoms with Gasteiger partial charge >= 0.3 is 6.18 Å². The maximum atomic E-state index is 13.0. The standard InChI is InChI=1S/C17H17ClF3N5O/c1-25-14(5-7-23-25)24-13-6-8-26(9-12(13)22)16(27)10-3-2-4-11(15(10)18)17(19,20)21/h2-5,7,24H,6,8-9,22H2,1H3. The number of halogens is 4. The van der Waals surface area contributed by atoms with Gasteiger partial charge in [0.05, 0.1) is 28.9 Å². The number of nitrogens with zero attached hydrogens (tertiary/aromatic N) is 3. The fraction of sp³-hybridized carbons (Fsp3) is 0.294. The zero-order valence-electron chi connectivity index (χ0n) is 14.3. The summed E-state index contributed by atoms with van der Waals surface area (Å²) in [6, 6.07) is 5.07. The van der Waals surface area contributed by atoms with Crippen molar-refractivity contribution in [1.29, 1.82) is 0 Å². The minimum Gasteiger partial charge on any atom is -0.399 e.